The highest BCUT2D eigenvalue weighted by molar-refractivity contribution is 6.12. The van der Waals surface area contributed by atoms with Crippen LogP contribution < -0.4 is 11.0 Å². The predicted octanol–water partition coefficient (Wildman–Crippen LogP) is 1.44. The van der Waals surface area contributed by atoms with E-state index in [1.165, 1.54) is 28.8 Å². The van der Waals surface area contributed by atoms with E-state index in [1.807, 2.05) is 0 Å². The van der Waals surface area contributed by atoms with Crippen molar-refractivity contribution in [2.75, 3.05) is 0 Å². The maximum Gasteiger partial charge on any atom is 0.255 e. The Bertz CT molecular complexity index is 1060. The van der Waals surface area contributed by atoms with Gasteiger partial charge in [-0.15, -0.1) is 0 Å². The molecule has 0 fully saturated rings. The van der Waals surface area contributed by atoms with Gasteiger partial charge >= 0.3 is 0 Å². The Hall–Kier alpha value is -2.82. The van der Waals surface area contributed by atoms with E-state index < -0.39 is 0 Å². The molecule has 0 unspecified atom stereocenters. The molecular weight excluding hydrogens is 244 g/mol. The van der Waals surface area contributed by atoms with Crippen molar-refractivity contribution in [1.82, 2.24) is 9.13 Å². The molecule has 92 valence electrons. The van der Waals surface area contributed by atoms with Crippen LogP contribution in [0.25, 0.3) is 27.3 Å². The fraction of sp³-hybridized carbons (Fsp3) is 0. The van der Waals surface area contributed by atoms with E-state index in [2.05, 4.69) is 0 Å². The summed E-state index contributed by atoms with van der Waals surface area (Å²) in [5.41, 5.74) is 1.36. The summed E-state index contributed by atoms with van der Waals surface area (Å²) in [6.45, 7) is 0. The van der Waals surface area contributed by atoms with Crippen LogP contribution in [0.2, 0.25) is 0 Å². The molecule has 5 heteroatoms. The first-order valence-electron chi connectivity index (χ1n) is 5.78. The quantitative estimate of drug-likeness (QED) is 0.482. The Labute approximate surface area is 105 Å². The van der Waals surface area contributed by atoms with E-state index in [1.54, 1.807) is 18.2 Å². The fourth-order valence-corrected chi connectivity index (χ4v) is 2.66. The molecule has 0 aliphatic rings. The third kappa shape index (κ3) is 1.14. The zero-order valence-corrected chi connectivity index (χ0v) is 9.70. The molecule has 0 saturated carbocycles. The van der Waals surface area contributed by atoms with Gasteiger partial charge in [0.1, 0.15) is 5.52 Å². The van der Waals surface area contributed by atoms with Crippen molar-refractivity contribution < 1.29 is 5.21 Å². The summed E-state index contributed by atoms with van der Waals surface area (Å²) < 4.78 is 2.44. The highest BCUT2D eigenvalue weighted by atomic mass is 16.5. The summed E-state index contributed by atoms with van der Waals surface area (Å²) in [5, 5.41) is 11.5. The van der Waals surface area contributed by atoms with E-state index >= 15 is 0 Å². The van der Waals surface area contributed by atoms with Crippen molar-refractivity contribution >= 4 is 27.3 Å². The maximum absolute atomic E-state index is 12.1. The second kappa shape index (κ2) is 3.14. The van der Waals surface area contributed by atoms with Gasteiger partial charge in [-0.05, 0) is 24.3 Å². The Balaban J connectivity index is 2.54. The van der Waals surface area contributed by atoms with E-state index in [4.69, 9.17) is 0 Å². The Morgan fingerprint density at radius 1 is 0.895 bits per heavy atom. The van der Waals surface area contributed by atoms with Crippen LogP contribution in [0, 0.1) is 0 Å². The number of aromatic nitrogens is 2. The topological polar surface area (TPSA) is 63.7 Å². The number of fused-ring (bicyclic) bond motifs is 3. The van der Waals surface area contributed by atoms with E-state index in [9.17, 15) is 14.8 Å². The van der Waals surface area contributed by atoms with Crippen LogP contribution in [-0.4, -0.2) is 14.3 Å². The van der Waals surface area contributed by atoms with Gasteiger partial charge in [-0.3, -0.25) is 14.0 Å². The van der Waals surface area contributed by atoms with Crippen molar-refractivity contribution in [2.45, 2.75) is 0 Å². The zero-order valence-electron chi connectivity index (χ0n) is 9.70. The first kappa shape index (κ1) is 10.1. The summed E-state index contributed by atoms with van der Waals surface area (Å²) in [7, 11) is 0. The van der Waals surface area contributed by atoms with Gasteiger partial charge in [-0.2, -0.15) is 4.73 Å². The smallest absolute Gasteiger partial charge is 0.255 e. The summed E-state index contributed by atoms with van der Waals surface area (Å²) >= 11 is 0. The second-order valence-corrected chi connectivity index (χ2v) is 4.49. The molecular formula is C14H8N2O3. The number of nitrogens with zero attached hydrogens (tertiary/aromatic N) is 2. The van der Waals surface area contributed by atoms with Gasteiger partial charge in [-0.25, -0.2) is 0 Å². The van der Waals surface area contributed by atoms with E-state index in [0.717, 1.165) is 15.5 Å². The van der Waals surface area contributed by atoms with Gasteiger partial charge in [0.2, 0.25) is 0 Å². The summed E-state index contributed by atoms with van der Waals surface area (Å²) in [6, 6.07) is 9.31. The molecule has 5 nitrogen and oxygen atoms in total. The highest BCUT2D eigenvalue weighted by Crippen LogP contribution is 2.28. The standard InChI is InChI=1S/C14H8N2O3/c17-8-1-2-9-10-5-6-15(19)11-3-4-13(18)16(14(10)11)12(9)7-8/h1-7,19H. The number of pyridine rings is 2. The van der Waals surface area contributed by atoms with Gasteiger partial charge < -0.3 is 5.21 Å². The summed E-state index contributed by atoms with van der Waals surface area (Å²) in [5.74, 6) is 0. The van der Waals surface area contributed by atoms with Crippen molar-refractivity contribution in [2.24, 2.45) is 0 Å². The van der Waals surface area contributed by atoms with Crippen LogP contribution >= 0.6 is 0 Å². The number of benzene rings is 1. The number of rotatable bonds is 0. The Morgan fingerprint density at radius 2 is 1.74 bits per heavy atom. The average Bonchev–Trinajstić information content (AvgIpc) is 2.71. The van der Waals surface area contributed by atoms with Gasteiger partial charge in [0.25, 0.3) is 5.56 Å². The number of hydrogen-bond acceptors (Lipinski definition) is 3. The molecule has 1 N–H and O–H groups in total. The predicted molar refractivity (Wildman–Crippen MR) is 71.3 cm³/mol. The SMILES string of the molecule is O=c1ccc2c3ccn(O)c4ccc(=O)n(c2c1)c34. The van der Waals surface area contributed by atoms with Crippen molar-refractivity contribution in [3.05, 3.63) is 63.2 Å². The molecule has 0 spiro atoms. The summed E-state index contributed by atoms with van der Waals surface area (Å²) in [4.78, 5) is 23.6. The van der Waals surface area contributed by atoms with E-state index in [-0.39, 0.29) is 11.0 Å². The first-order chi connectivity index (χ1) is 9.16. The maximum atomic E-state index is 12.1. The van der Waals surface area contributed by atoms with Crippen molar-refractivity contribution in [1.29, 1.82) is 0 Å². The monoisotopic (exact) mass is 252 g/mol. The number of hydrogen-bond donors (Lipinski definition) is 1. The normalized spacial score (nSPS) is 11.8. The molecule has 0 radical (unpaired) electrons. The van der Waals surface area contributed by atoms with Gasteiger partial charge in [0.15, 0.2) is 5.43 Å². The minimum atomic E-state index is -0.218. The van der Waals surface area contributed by atoms with E-state index in [0.29, 0.717) is 16.6 Å². The van der Waals surface area contributed by atoms with Crippen LogP contribution in [0.4, 0.5) is 0 Å². The van der Waals surface area contributed by atoms with Crippen molar-refractivity contribution in [3.63, 3.8) is 0 Å². The lowest BCUT2D eigenvalue weighted by atomic mass is 10.2. The lowest BCUT2D eigenvalue weighted by Crippen LogP contribution is -2.12. The fourth-order valence-electron chi connectivity index (χ4n) is 2.66. The van der Waals surface area contributed by atoms with Gasteiger partial charge in [-0.1, -0.05) is 0 Å². The third-order valence-corrected chi connectivity index (χ3v) is 3.46. The molecule has 4 rings (SSSR count). The molecule has 0 aliphatic heterocycles. The molecule has 0 saturated heterocycles. The lowest BCUT2D eigenvalue weighted by Gasteiger charge is -2.04. The van der Waals surface area contributed by atoms with Gasteiger partial charge in [0.05, 0.1) is 11.0 Å². The minimum absolute atomic E-state index is 0.146. The average molecular weight is 252 g/mol. The van der Waals surface area contributed by atoms with Crippen LogP contribution in [0.15, 0.2) is 52.2 Å². The Kier molecular flexibility index (Phi) is 1.67. The molecule has 3 heterocycles. The van der Waals surface area contributed by atoms with Crippen LogP contribution in [0.3, 0.4) is 0 Å². The zero-order chi connectivity index (χ0) is 13.1. The largest absolute Gasteiger partial charge is 0.428 e. The summed E-state index contributed by atoms with van der Waals surface area (Å²) in [6.07, 6.45) is 1.52. The molecule has 1 aromatic carbocycles. The molecule has 0 amide bonds. The van der Waals surface area contributed by atoms with Crippen LogP contribution in [-0.2, 0) is 0 Å². The second-order valence-electron chi connectivity index (χ2n) is 4.49. The van der Waals surface area contributed by atoms with Crippen LogP contribution in [0.5, 0.6) is 0 Å². The van der Waals surface area contributed by atoms with Crippen molar-refractivity contribution in [3.8, 4) is 0 Å². The highest BCUT2D eigenvalue weighted by Gasteiger charge is 2.14. The minimum Gasteiger partial charge on any atom is -0.428 e. The third-order valence-electron chi connectivity index (χ3n) is 3.46. The molecule has 0 bridgehead atoms. The first-order valence-corrected chi connectivity index (χ1v) is 5.78. The molecule has 0 atom stereocenters. The molecule has 19 heavy (non-hydrogen) atoms. The molecule has 0 aliphatic carbocycles. The van der Waals surface area contributed by atoms with Gasteiger partial charge in [0, 0.05) is 29.1 Å². The lowest BCUT2D eigenvalue weighted by molar-refractivity contribution is 0.198. The molecule has 3 aromatic heterocycles. The molecule has 4 aromatic rings. The Morgan fingerprint density at radius 3 is 2.58 bits per heavy atom. The van der Waals surface area contributed by atoms with Crippen LogP contribution in [0.1, 0.15) is 0 Å².